The fraction of sp³-hybridized carbons (Fsp3) is 0.640. The smallest absolute Gasteiger partial charge is 0.339 e. The number of hydrogen-bond donors (Lipinski definition) is 0. The minimum atomic E-state index is -0.700. The summed E-state index contributed by atoms with van der Waals surface area (Å²) in [6.45, 7) is 12.7. The minimum Gasteiger partial charge on any atom is -0.467 e. The van der Waals surface area contributed by atoms with Crippen molar-refractivity contribution in [2.45, 2.75) is 91.3 Å². The molecular formula is C25H36O3. The molecule has 2 aliphatic rings. The molecule has 1 aromatic rings. The zero-order valence-electron chi connectivity index (χ0n) is 18.6. The Morgan fingerprint density at radius 3 is 2.39 bits per heavy atom. The van der Waals surface area contributed by atoms with Gasteiger partial charge in [0.15, 0.2) is 6.10 Å². The van der Waals surface area contributed by atoms with Gasteiger partial charge in [-0.05, 0) is 93.4 Å². The van der Waals surface area contributed by atoms with Crippen LogP contribution in [0, 0.1) is 12.3 Å². The number of allylic oxidation sites excluding steroid dienone is 2. The quantitative estimate of drug-likeness (QED) is 0.544. The van der Waals surface area contributed by atoms with Gasteiger partial charge in [-0.25, -0.2) is 4.79 Å². The van der Waals surface area contributed by atoms with Crippen molar-refractivity contribution in [1.29, 1.82) is 0 Å². The Morgan fingerprint density at radius 2 is 1.89 bits per heavy atom. The van der Waals surface area contributed by atoms with E-state index in [1.165, 1.54) is 43.1 Å². The number of aryl methyl sites for hydroxylation is 1. The molecule has 3 nitrogen and oxygen atoms in total. The first kappa shape index (κ1) is 21.1. The first-order valence-electron chi connectivity index (χ1n) is 10.6. The highest BCUT2D eigenvalue weighted by Gasteiger charge is 2.36. The fourth-order valence-electron chi connectivity index (χ4n) is 4.16. The molecule has 0 heterocycles. The Bertz CT molecular complexity index is 776. The Balaban J connectivity index is 2.17. The molecule has 3 heteroatoms. The van der Waals surface area contributed by atoms with Gasteiger partial charge in [0, 0.05) is 5.56 Å². The standard InChI is InChI=1S/C25H36O3/c1-16-8-11-19(17-9-10-17)21(18-12-14-25(5,6)15-13-18)20(16)22(23(26)27-7)28-24(2,3)4/h8,11-12,17,22H,9-10,13-15H2,1-7H3. The third-order valence-corrected chi connectivity index (χ3v) is 5.96. The zero-order chi connectivity index (χ0) is 20.7. The topological polar surface area (TPSA) is 35.5 Å². The Morgan fingerprint density at radius 1 is 1.21 bits per heavy atom. The number of benzene rings is 1. The first-order valence-corrected chi connectivity index (χ1v) is 10.6. The van der Waals surface area contributed by atoms with Crippen LogP contribution in [0.15, 0.2) is 18.2 Å². The predicted octanol–water partition coefficient (Wildman–Crippen LogP) is 6.50. The van der Waals surface area contributed by atoms with Gasteiger partial charge < -0.3 is 9.47 Å². The molecule has 3 rings (SSSR count). The monoisotopic (exact) mass is 384 g/mol. The van der Waals surface area contributed by atoms with Gasteiger partial charge in [0.25, 0.3) is 0 Å². The van der Waals surface area contributed by atoms with Gasteiger partial charge in [0.05, 0.1) is 12.7 Å². The van der Waals surface area contributed by atoms with Gasteiger partial charge in [-0.1, -0.05) is 32.1 Å². The minimum absolute atomic E-state index is 0.316. The lowest BCUT2D eigenvalue weighted by molar-refractivity contribution is -0.164. The molecule has 0 spiro atoms. The summed E-state index contributed by atoms with van der Waals surface area (Å²) in [5.41, 5.74) is 6.04. The Kier molecular flexibility index (Phi) is 5.78. The summed E-state index contributed by atoms with van der Waals surface area (Å²) in [4.78, 5) is 12.8. The lowest BCUT2D eigenvalue weighted by Crippen LogP contribution is -2.29. The SMILES string of the molecule is COC(=O)C(OC(C)(C)C)c1c(C)ccc(C2CC2)c1C1=CCC(C)(C)CC1. The van der Waals surface area contributed by atoms with E-state index < -0.39 is 11.7 Å². The van der Waals surface area contributed by atoms with E-state index in [2.05, 4.69) is 39.0 Å². The maximum atomic E-state index is 12.8. The van der Waals surface area contributed by atoms with Crippen LogP contribution in [0.25, 0.3) is 5.57 Å². The van der Waals surface area contributed by atoms with Crippen molar-refractivity contribution in [2.24, 2.45) is 5.41 Å². The first-order chi connectivity index (χ1) is 13.0. The molecule has 0 amide bonds. The van der Waals surface area contributed by atoms with Crippen molar-refractivity contribution in [3.05, 3.63) is 40.5 Å². The fourth-order valence-corrected chi connectivity index (χ4v) is 4.16. The van der Waals surface area contributed by atoms with Crippen LogP contribution in [0.2, 0.25) is 0 Å². The van der Waals surface area contributed by atoms with E-state index in [9.17, 15) is 4.79 Å². The summed E-state index contributed by atoms with van der Waals surface area (Å²) in [5.74, 6) is 0.294. The van der Waals surface area contributed by atoms with Crippen LogP contribution in [-0.2, 0) is 14.3 Å². The molecule has 154 valence electrons. The second kappa shape index (κ2) is 7.67. The summed E-state index contributed by atoms with van der Waals surface area (Å²) in [6.07, 6.45) is 7.46. The van der Waals surface area contributed by atoms with Crippen LogP contribution in [0.3, 0.4) is 0 Å². The molecule has 0 saturated heterocycles. The highest BCUT2D eigenvalue weighted by molar-refractivity contribution is 5.83. The molecule has 28 heavy (non-hydrogen) atoms. The van der Waals surface area contributed by atoms with Crippen LogP contribution in [0.5, 0.6) is 0 Å². The average Bonchev–Trinajstić information content (AvgIpc) is 3.43. The summed E-state index contributed by atoms with van der Waals surface area (Å²) in [5, 5.41) is 0. The molecule has 1 fully saturated rings. The number of rotatable bonds is 5. The number of esters is 1. The third kappa shape index (κ3) is 4.68. The Hall–Kier alpha value is -1.61. The maximum Gasteiger partial charge on any atom is 0.339 e. The molecule has 2 aliphatic carbocycles. The van der Waals surface area contributed by atoms with Gasteiger partial charge >= 0.3 is 5.97 Å². The number of ether oxygens (including phenoxy) is 2. The van der Waals surface area contributed by atoms with Crippen molar-refractivity contribution in [2.75, 3.05) is 7.11 Å². The second-order valence-electron chi connectivity index (χ2n) is 10.3. The number of hydrogen-bond acceptors (Lipinski definition) is 3. The van der Waals surface area contributed by atoms with Crippen molar-refractivity contribution in [1.82, 2.24) is 0 Å². The molecule has 0 radical (unpaired) electrons. The number of methoxy groups -OCH3 is 1. The molecule has 0 N–H and O–H groups in total. The van der Waals surface area contributed by atoms with E-state index in [0.29, 0.717) is 11.3 Å². The molecular weight excluding hydrogens is 348 g/mol. The van der Waals surface area contributed by atoms with Gasteiger partial charge in [0.2, 0.25) is 0 Å². The van der Waals surface area contributed by atoms with Crippen molar-refractivity contribution >= 4 is 11.5 Å². The lowest BCUT2D eigenvalue weighted by atomic mass is 9.74. The summed E-state index contributed by atoms with van der Waals surface area (Å²) < 4.78 is 11.5. The maximum absolute atomic E-state index is 12.8. The van der Waals surface area contributed by atoms with E-state index in [4.69, 9.17) is 9.47 Å². The molecule has 1 aromatic carbocycles. The van der Waals surface area contributed by atoms with Crippen molar-refractivity contribution in [3.8, 4) is 0 Å². The highest BCUT2D eigenvalue weighted by atomic mass is 16.6. The molecule has 1 unspecified atom stereocenters. The van der Waals surface area contributed by atoms with Crippen LogP contribution < -0.4 is 0 Å². The Labute approximate surface area is 170 Å². The van der Waals surface area contributed by atoms with Crippen LogP contribution in [0.4, 0.5) is 0 Å². The van der Waals surface area contributed by atoms with E-state index >= 15 is 0 Å². The van der Waals surface area contributed by atoms with Crippen molar-refractivity contribution in [3.63, 3.8) is 0 Å². The summed E-state index contributed by atoms with van der Waals surface area (Å²) >= 11 is 0. The van der Waals surface area contributed by atoms with Gasteiger partial charge in [-0.3, -0.25) is 0 Å². The van der Waals surface area contributed by atoms with E-state index in [-0.39, 0.29) is 5.97 Å². The molecule has 0 aliphatic heterocycles. The molecule has 0 aromatic heterocycles. The summed E-state index contributed by atoms with van der Waals surface area (Å²) in [6, 6.07) is 4.43. The second-order valence-corrected chi connectivity index (χ2v) is 10.3. The van der Waals surface area contributed by atoms with E-state index in [1.54, 1.807) is 0 Å². The van der Waals surface area contributed by atoms with Gasteiger partial charge in [-0.2, -0.15) is 0 Å². The largest absolute Gasteiger partial charge is 0.467 e. The van der Waals surface area contributed by atoms with E-state index in [1.807, 2.05) is 20.8 Å². The van der Waals surface area contributed by atoms with Gasteiger partial charge in [0.1, 0.15) is 0 Å². The predicted molar refractivity (Wildman–Crippen MR) is 114 cm³/mol. The summed E-state index contributed by atoms with van der Waals surface area (Å²) in [7, 11) is 1.45. The van der Waals surface area contributed by atoms with Gasteiger partial charge in [-0.15, -0.1) is 0 Å². The van der Waals surface area contributed by atoms with Crippen LogP contribution in [0.1, 0.15) is 101 Å². The molecule has 1 saturated carbocycles. The number of carbonyl (C=O) groups is 1. The van der Waals surface area contributed by atoms with Crippen LogP contribution >= 0.6 is 0 Å². The average molecular weight is 385 g/mol. The van der Waals surface area contributed by atoms with Crippen LogP contribution in [-0.4, -0.2) is 18.7 Å². The normalized spacial score (nSPS) is 20.5. The van der Waals surface area contributed by atoms with E-state index in [0.717, 1.165) is 24.0 Å². The zero-order valence-corrected chi connectivity index (χ0v) is 18.6. The third-order valence-electron chi connectivity index (χ3n) is 5.96. The highest BCUT2D eigenvalue weighted by Crippen LogP contribution is 2.49. The molecule has 1 atom stereocenters. The molecule has 0 bridgehead atoms. The number of carbonyl (C=O) groups excluding carboxylic acids is 1. The lowest BCUT2D eigenvalue weighted by Gasteiger charge is -2.33. The van der Waals surface area contributed by atoms with Crippen molar-refractivity contribution < 1.29 is 14.3 Å².